The van der Waals surface area contributed by atoms with Gasteiger partial charge in [-0.1, -0.05) is 6.92 Å². The van der Waals surface area contributed by atoms with E-state index in [4.69, 9.17) is 5.11 Å². The number of carbonyl (C=O) groups is 3. The minimum atomic E-state index is -3.67. The number of amides is 2. The van der Waals surface area contributed by atoms with Gasteiger partial charge in [-0.15, -0.1) is 0 Å². The van der Waals surface area contributed by atoms with Crippen LogP contribution in [0.3, 0.4) is 0 Å². The minimum Gasteiger partial charge on any atom is -0.481 e. The molecule has 1 unspecified atom stereocenters. The quantitative estimate of drug-likeness (QED) is 0.722. The number of aliphatic carboxylic acids is 1. The summed E-state index contributed by atoms with van der Waals surface area (Å²) in [7, 11) is -3.67. The van der Waals surface area contributed by atoms with E-state index in [2.05, 4.69) is 5.32 Å². The predicted octanol–water partition coefficient (Wildman–Crippen LogP) is 0.594. The van der Waals surface area contributed by atoms with Crippen LogP contribution >= 0.6 is 0 Å². The predicted molar refractivity (Wildman–Crippen MR) is 86.1 cm³/mol. The number of nitrogens with one attached hydrogen (secondary N) is 1. The van der Waals surface area contributed by atoms with Crippen LogP contribution < -0.4 is 9.62 Å². The Kier molecular flexibility index (Phi) is 5.23. The molecular weight excluding hydrogens is 336 g/mol. The molecule has 0 bridgehead atoms. The van der Waals surface area contributed by atoms with E-state index in [9.17, 15) is 22.8 Å². The van der Waals surface area contributed by atoms with Crippen LogP contribution in [0.4, 0.5) is 5.69 Å². The summed E-state index contributed by atoms with van der Waals surface area (Å²) < 4.78 is 24.8. The van der Waals surface area contributed by atoms with Crippen molar-refractivity contribution in [2.24, 2.45) is 5.92 Å². The van der Waals surface area contributed by atoms with Gasteiger partial charge in [0.25, 0.3) is 5.91 Å². The number of sulfonamides is 1. The second-order valence-electron chi connectivity index (χ2n) is 5.58. The first kappa shape index (κ1) is 17.9. The highest BCUT2D eigenvalue weighted by atomic mass is 32.2. The Balaban J connectivity index is 2.04. The molecule has 1 heterocycles. The van der Waals surface area contributed by atoms with Gasteiger partial charge in [-0.2, -0.15) is 0 Å². The van der Waals surface area contributed by atoms with Gasteiger partial charge in [0, 0.05) is 18.5 Å². The summed E-state index contributed by atoms with van der Waals surface area (Å²) in [5.74, 6) is -2.62. The molecule has 2 amide bonds. The Bertz CT molecular complexity index is 757. The molecule has 1 saturated heterocycles. The van der Waals surface area contributed by atoms with Crippen LogP contribution in [0.2, 0.25) is 0 Å². The highest BCUT2D eigenvalue weighted by molar-refractivity contribution is 7.94. The molecule has 1 aromatic rings. The standard InChI is InChI=1S/C15H18N2O6S/c1-10-9-24(22,23)17(15(10)21)12-6-4-11(5-7-12)14(20)16-8-2-3-13(18)19/h4-7,10H,2-3,8-9H2,1H3,(H,16,20)(H,18,19). The van der Waals surface area contributed by atoms with Crippen LogP contribution in [0, 0.1) is 5.92 Å². The maximum absolute atomic E-state index is 12.0. The van der Waals surface area contributed by atoms with Crippen molar-refractivity contribution in [3.05, 3.63) is 29.8 Å². The number of carboxylic acid groups (broad SMARTS) is 1. The van der Waals surface area contributed by atoms with Crippen LogP contribution in [0.1, 0.15) is 30.1 Å². The average Bonchev–Trinajstić information content (AvgIpc) is 2.71. The monoisotopic (exact) mass is 354 g/mol. The third-order valence-electron chi connectivity index (χ3n) is 3.58. The number of hydrogen-bond donors (Lipinski definition) is 2. The summed E-state index contributed by atoms with van der Waals surface area (Å²) in [6.45, 7) is 1.78. The van der Waals surface area contributed by atoms with E-state index in [1.54, 1.807) is 6.92 Å². The topological polar surface area (TPSA) is 121 Å². The highest BCUT2D eigenvalue weighted by Crippen LogP contribution is 2.28. The van der Waals surface area contributed by atoms with Gasteiger partial charge < -0.3 is 10.4 Å². The van der Waals surface area contributed by atoms with Crippen molar-refractivity contribution in [3.63, 3.8) is 0 Å². The molecule has 1 aliphatic heterocycles. The fourth-order valence-corrected chi connectivity index (χ4v) is 4.20. The first-order chi connectivity index (χ1) is 11.2. The summed E-state index contributed by atoms with van der Waals surface area (Å²) in [6.07, 6.45) is 0.282. The van der Waals surface area contributed by atoms with Gasteiger partial charge in [-0.05, 0) is 30.7 Å². The number of carbonyl (C=O) groups excluding carboxylic acids is 2. The van der Waals surface area contributed by atoms with Crippen LogP contribution in [0.5, 0.6) is 0 Å². The lowest BCUT2D eigenvalue weighted by Gasteiger charge is -2.15. The number of anilines is 1. The van der Waals surface area contributed by atoms with Crippen molar-refractivity contribution in [2.75, 3.05) is 16.6 Å². The third-order valence-corrected chi connectivity index (χ3v) is 5.45. The Morgan fingerprint density at radius 3 is 2.42 bits per heavy atom. The van der Waals surface area contributed by atoms with Crippen molar-refractivity contribution in [1.82, 2.24) is 5.32 Å². The average molecular weight is 354 g/mol. The lowest BCUT2D eigenvalue weighted by molar-refractivity contribution is -0.137. The molecule has 9 heteroatoms. The molecule has 1 atom stereocenters. The van der Waals surface area contributed by atoms with E-state index in [1.165, 1.54) is 24.3 Å². The summed E-state index contributed by atoms with van der Waals surface area (Å²) >= 11 is 0. The lowest BCUT2D eigenvalue weighted by Crippen LogP contribution is -2.30. The van der Waals surface area contributed by atoms with Gasteiger partial charge in [0.2, 0.25) is 15.9 Å². The van der Waals surface area contributed by atoms with E-state index >= 15 is 0 Å². The van der Waals surface area contributed by atoms with Crippen molar-refractivity contribution < 1.29 is 27.9 Å². The Labute approximate surface area is 139 Å². The Hall–Kier alpha value is -2.42. The van der Waals surface area contributed by atoms with Gasteiger partial charge in [0.05, 0.1) is 17.4 Å². The van der Waals surface area contributed by atoms with Gasteiger partial charge in [0.15, 0.2) is 0 Å². The van der Waals surface area contributed by atoms with E-state index in [1.807, 2.05) is 0 Å². The Morgan fingerprint density at radius 1 is 1.29 bits per heavy atom. The van der Waals surface area contributed by atoms with E-state index in [-0.39, 0.29) is 24.4 Å². The van der Waals surface area contributed by atoms with E-state index in [0.717, 1.165) is 4.31 Å². The molecule has 1 aliphatic rings. The van der Waals surface area contributed by atoms with Gasteiger partial charge in [0.1, 0.15) is 0 Å². The van der Waals surface area contributed by atoms with Gasteiger partial charge in [-0.3, -0.25) is 14.4 Å². The second kappa shape index (κ2) is 7.00. The molecule has 0 aromatic heterocycles. The van der Waals surface area contributed by atoms with Gasteiger partial charge >= 0.3 is 5.97 Å². The normalized spacial score (nSPS) is 19.3. The maximum atomic E-state index is 12.0. The molecule has 0 radical (unpaired) electrons. The molecule has 2 N–H and O–H groups in total. The summed E-state index contributed by atoms with van der Waals surface area (Å²) in [6, 6.07) is 5.65. The summed E-state index contributed by atoms with van der Waals surface area (Å²) in [5.41, 5.74) is 0.498. The zero-order valence-corrected chi connectivity index (χ0v) is 13.9. The van der Waals surface area contributed by atoms with Crippen LogP contribution in [-0.2, 0) is 19.6 Å². The SMILES string of the molecule is CC1CS(=O)(=O)N(c2ccc(C(=O)NCCCC(=O)O)cc2)C1=O. The van der Waals surface area contributed by atoms with Crippen LogP contribution in [-0.4, -0.2) is 43.6 Å². The zero-order valence-electron chi connectivity index (χ0n) is 13.1. The molecule has 130 valence electrons. The van der Waals surface area contributed by atoms with Gasteiger partial charge in [-0.25, -0.2) is 12.7 Å². The van der Waals surface area contributed by atoms with Crippen LogP contribution in [0.15, 0.2) is 24.3 Å². The molecule has 24 heavy (non-hydrogen) atoms. The number of nitrogens with zero attached hydrogens (tertiary/aromatic N) is 1. The Morgan fingerprint density at radius 2 is 1.92 bits per heavy atom. The van der Waals surface area contributed by atoms with Crippen molar-refractivity contribution in [2.45, 2.75) is 19.8 Å². The molecule has 8 nitrogen and oxygen atoms in total. The number of benzene rings is 1. The molecular formula is C15H18N2O6S. The second-order valence-corrected chi connectivity index (χ2v) is 7.44. The smallest absolute Gasteiger partial charge is 0.303 e. The van der Waals surface area contributed by atoms with Crippen LogP contribution in [0.25, 0.3) is 0 Å². The minimum absolute atomic E-state index is 0.0354. The molecule has 0 aliphatic carbocycles. The molecule has 2 rings (SSSR count). The maximum Gasteiger partial charge on any atom is 0.303 e. The largest absolute Gasteiger partial charge is 0.481 e. The van der Waals surface area contributed by atoms with E-state index in [0.29, 0.717) is 12.0 Å². The number of rotatable bonds is 6. The number of carboxylic acids is 1. The first-order valence-electron chi connectivity index (χ1n) is 7.39. The molecule has 1 aromatic carbocycles. The van der Waals surface area contributed by atoms with E-state index < -0.39 is 33.7 Å². The fraction of sp³-hybridized carbons (Fsp3) is 0.400. The third kappa shape index (κ3) is 3.91. The summed E-state index contributed by atoms with van der Waals surface area (Å²) in [5, 5.41) is 11.1. The molecule has 0 spiro atoms. The van der Waals surface area contributed by atoms with Crippen molar-refractivity contribution in [3.8, 4) is 0 Å². The summed E-state index contributed by atoms with van der Waals surface area (Å²) in [4.78, 5) is 34.3. The van der Waals surface area contributed by atoms with Crippen molar-refractivity contribution in [1.29, 1.82) is 0 Å². The number of hydrogen-bond acceptors (Lipinski definition) is 5. The molecule has 0 saturated carbocycles. The highest BCUT2D eigenvalue weighted by Gasteiger charge is 2.41. The fourth-order valence-electron chi connectivity index (χ4n) is 2.38. The zero-order chi connectivity index (χ0) is 17.9. The lowest BCUT2D eigenvalue weighted by atomic mass is 10.1. The first-order valence-corrected chi connectivity index (χ1v) is 9.00. The van der Waals surface area contributed by atoms with Crippen molar-refractivity contribution >= 4 is 33.5 Å². The molecule has 1 fully saturated rings.